The Balaban J connectivity index is 2.43. The van der Waals surface area contributed by atoms with Gasteiger partial charge in [0.05, 0.1) is 21.3 Å². The van der Waals surface area contributed by atoms with Gasteiger partial charge in [-0.25, -0.2) is 8.42 Å². The number of methoxy groups -OCH3 is 3. The van der Waals surface area contributed by atoms with Gasteiger partial charge in [-0.15, -0.1) is 0 Å². The maximum atomic E-state index is 13.3. The summed E-state index contributed by atoms with van der Waals surface area (Å²) in [6, 6.07) is 9.75. The van der Waals surface area contributed by atoms with E-state index in [9.17, 15) is 13.2 Å². The molecule has 2 aromatic rings. The number of carbonyl (C=O) groups is 1. The van der Waals surface area contributed by atoms with Crippen LogP contribution in [0.2, 0.25) is 0 Å². The number of nitrogens with zero attached hydrogens (tertiary/aromatic N) is 1. The zero-order valence-corrected chi connectivity index (χ0v) is 18.0. The van der Waals surface area contributed by atoms with Crippen molar-refractivity contribution in [2.45, 2.75) is 25.3 Å². The van der Waals surface area contributed by atoms with Crippen LogP contribution in [0.5, 0.6) is 17.2 Å². The van der Waals surface area contributed by atoms with Crippen LogP contribution in [-0.4, -0.2) is 46.5 Å². The van der Waals surface area contributed by atoms with Crippen LogP contribution >= 0.6 is 0 Å². The van der Waals surface area contributed by atoms with Gasteiger partial charge in [-0.05, 0) is 35.9 Å². The predicted octanol–water partition coefficient (Wildman–Crippen LogP) is 2.88. The van der Waals surface area contributed by atoms with E-state index in [-0.39, 0.29) is 29.6 Å². The van der Waals surface area contributed by atoms with E-state index in [0.29, 0.717) is 17.2 Å². The minimum absolute atomic E-state index is 0.0198. The van der Waals surface area contributed by atoms with Crippen LogP contribution in [0.3, 0.4) is 0 Å². The number of rotatable bonds is 9. The van der Waals surface area contributed by atoms with Crippen LogP contribution in [-0.2, 0) is 21.4 Å². The molecule has 29 heavy (non-hydrogen) atoms. The van der Waals surface area contributed by atoms with Gasteiger partial charge in [0.25, 0.3) is 0 Å². The van der Waals surface area contributed by atoms with Gasteiger partial charge in [0.1, 0.15) is 10.6 Å². The minimum Gasteiger partial charge on any atom is -0.495 e. The molecule has 0 aliphatic heterocycles. The summed E-state index contributed by atoms with van der Waals surface area (Å²) in [6.45, 7) is 3.48. The first-order valence-electron chi connectivity index (χ1n) is 8.93. The maximum Gasteiger partial charge on any atom is 0.247 e. The molecule has 1 amide bonds. The first-order chi connectivity index (χ1) is 13.8. The van der Waals surface area contributed by atoms with Gasteiger partial charge in [0, 0.05) is 25.7 Å². The molecular weight excluding hydrogens is 396 g/mol. The number of amides is 1. The number of carbonyl (C=O) groups excluding carboxylic acids is 1. The van der Waals surface area contributed by atoms with Crippen LogP contribution in [0.1, 0.15) is 19.4 Å². The normalized spacial score (nSPS) is 11.2. The number of ether oxygens (including phenoxy) is 3. The summed E-state index contributed by atoms with van der Waals surface area (Å²) in [5, 5.41) is 2.60. The fourth-order valence-electron chi connectivity index (χ4n) is 2.85. The van der Waals surface area contributed by atoms with E-state index < -0.39 is 10.0 Å². The van der Waals surface area contributed by atoms with Gasteiger partial charge >= 0.3 is 0 Å². The molecule has 0 saturated heterocycles. The van der Waals surface area contributed by atoms with E-state index in [1.165, 1.54) is 44.7 Å². The van der Waals surface area contributed by atoms with Crippen LogP contribution in [0, 0.1) is 0 Å². The number of hydrogen-bond donors (Lipinski definition) is 1. The van der Waals surface area contributed by atoms with Crippen molar-refractivity contribution in [1.29, 1.82) is 0 Å². The highest BCUT2D eigenvalue weighted by Gasteiger charge is 2.27. The van der Waals surface area contributed by atoms with E-state index in [0.717, 1.165) is 5.56 Å². The lowest BCUT2D eigenvalue weighted by Gasteiger charge is -2.23. The van der Waals surface area contributed by atoms with Gasteiger partial charge in [-0.2, -0.15) is 4.31 Å². The summed E-state index contributed by atoms with van der Waals surface area (Å²) in [5.74, 6) is 0.983. The zero-order valence-electron chi connectivity index (χ0n) is 17.2. The summed E-state index contributed by atoms with van der Waals surface area (Å²) in [6.07, 6.45) is 0. The molecule has 0 spiro atoms. The SMILES string of the molecule is CCN(Cc1ccc(OC)c(OC)c1)S(=O)(=O)c1cc(NC(C)=O)ccc1OC. The second-order valence-corrected chi connectivity index (χ2v) is 8.07. The molecule has 0 aliphatic rings. The average Bonchev–Trinajstić information content (AvgIpc) is 2.71. The molecule has 1 N–H and O–H groups in total. The largest absolute Gasteiger partial charge is 0.495 e. The minimum atomic E-state index is -3.90. The Morgan fingerprint density at radius 1 is 0.966 bits per heavy atom. The molecule has 2 rings (SSSR count). The predicted molar refractivity (Wildman–Crippen MR) is 110 cm³/mol. The molecule has 2 aromatic carbocycles. The summed E-state index contributed by atoms with van der Waals surface area (Å²) in [4.78, 5) is 11.3. The molecule has 0 aliphatic carbocycles. The first kappa shape index (κ1) is 22.5. The first-order valence-corrected chi connectivity index (χ1v) is 10.4. The van der Waals surface area contributed by atoms with Crippen LogP contribution in [0.4, 0.5) is 5.69 Å². The fourth-order valence-corrected chi connectivity index (χ4v) is 4.47. The van der Waals surface area contributed by atoms with Crippen molar-refractivity contribution >= 4 is 21.6 Å². The van der Waals surface area contributed by atoms with Gasteiger partial charge in [-0.1, -0.05) is 13.0 Å². The lowest BCUT2D eigenvalue weighted by Crippen LogP contribution is -2.31. The molecule has 0 aromatic heterocycles. The Morgan fingerprint density at radius 2 is 1.59 bits per heavy atom. The molecule has 0 fully saturated rings. The molecule has 0 bridgehead atoms. The van der Waals surface area contributed by atoms with Gasteiger partial charge < -0.3 is 19.5 Å². The highest BCUT2D eigenvalue weighted by atomic mass is 32.2. The molecule has 0 unspecified atom stereocenters. The molecule has 9 heteroatoms. The Hall–Kier alpha value is -2.78. The topological polar surface area (TPSA) is 94.2 Å². The van der Waals surface area contributed by atoms with Crippen LogP contribution in [0.15, 0.2) is 41.3 Å². The fraction of sp³-hybridized carbons (Fsp3) is 0.350. The zero-order chi connectivity index (χ0) is 21.6. The summed E-state index contributed by atoms with van der Waals surface area (Å²) in [5.41, 5.74) is 1.11. The molecule has 0 radical (unpaired) electrons. The summed E-state index contributed by atoms with van der Waals surface area (Å²) in [7, 11) is 0.558. The molecule has 0 heterocycles. The molecule has 8 nitrogen and oxygen atoms in total. The third kappa shape index (κ3) is 5.18. The van der Waals surface area contributed by atoms with E-state index >= 15 is 0 Å². The average molecular weight is 423 g/mol. The number of nitrogens with one attached hydrogen (secondary N) is 1. The number of benzene rings is 2. The van der Waals surface area contributed by atoms with Gasteiger partial charge in [-0.3, -0.25) is 4.79 Å². The molecule has 158 valence electrons. The number of anilines is 1. The molecule has 0 saturated carbocycles. The van der Waals surface area contributed by atoms with Gasteiger partial charge in [0.15, 0.2) is 11.5 Å². The highest BCUT2D eigenvalue weighted by molar-refractivity contribution is 7.89. The Morgan fingerprint density at radius 3 is 2.14 bits per heavy atom. The van der Waals surface area contributed by atoms with Crippen molar-refractivity contribution in [2.75, 3.05) is 33.2 Å². The smallest absolute Gasteiger partial charge is 0.247 e. The van der Waals surface area contributed by atoms with Crippen molar-refractivity contribution < 1.29 is 27.4 Å². The number of hydrogen-bond acceptors (Lipinski definition) is 6. The Kier molecular flexibility index (Phi) is 7.46. The standard InChI is InChI=1S/C20H26N2O6S/c1-6-22(13-15-7-9-17(26-3)19(11-15)28-5)29(24,25)20-12-16(21-14(2)23)8-10-18(20)27-4/h7-12H,6,13H2,1-5H3,(H,21,23). The lowest BCUT2D eigenvalue weighted by molar-refractivity contribution is -0.114. The van der Waals surface area contributed by atoms with Crippen LogP contribution in [0.25, 0.3) is 0 Å². The van der Waals surface area contributed by atoms with E-state index in [4.69, 9.17) is 14.2 Å². The quantitative estimate of drug-likeness (QED) is 0.668. The van der Waals surface area contributed by atoms with Crippen LogP contribution < -0.4 is 19.5 Å². The Labute approximate surface area is 171 Å². The number of sulfonamides is 1. The van der Waals surface area contributed by atoms with Crippen molar-refractivity contribution in [1.82, 2.24) is 4.31 Å². The van der Waals surface area contributed by atoms with Crippen molar-refractivity contribution in [3.05, 3.63) is 42.0 Å². The van der Waals surface area contributed by atoms with Crippen molar-refractivity contribution in [3.8, 4) is 17.2 Å². The van der Waals surface area contributed by atoms with E-state index in [1.54, 1.807) is 31.2 Å². The van der Waals surface area contributed by atoms with E-state index in [2.05, 4.69) is 5.32 Å². The lowest BCUT2D eigenvalue weighted by atomic mass is 10.2. The summed E-state index contributed by atoms with van der Waals surface area (Å²) < 4.78 is 43.8. The van der Waals surface area contributed by atoms with Crippen molar-refractivity contribution in [2.24, 2.45) is 0 Å². The molecular formula is C20H26N2O6S. The Bertz CT molecular complexity index is 975. The van der Waals surface area contributed by atoms with Gasteiger partial charge in [0.2, 0.25) is 15.9 Å². The third-order valence-corrected chi connectivity index (χ3v) is 6.20. The van der Waals surface area contributed by atoms with E-state index in [1.807, 2.05) is 0 Å². The maximum absolute atomic E-state index is 13.3. The van der Waals surface area contributed by atoms with Crippen molar-refractivity contribution in [3.63, 3.8) is 0 Å². The summed E-state index contributed by atoms with van der Waals surface area (Å²) >= 11 is 0. The molecule has 0 atom stereocenters. The second kappa shape index (κ2) is 9.62. The monoisotopic (exact) mass is 422 g/mol. The highest BCUT2D eigenvalue weighted by Crippen LogP contribution is 2.32. The third-order valence-electron chi connectivity index (χ3n) is 4.26. The second-order valence-electron chi connectivity index (χ2n) is 6.17.